The van der Waals surface area contributed by atoms with Crippen molar-refractivity contribution in [2.45, 2.75) is 12.5 Å². The van der Waals surface area contributed by atoms with Crippen LogP contribution in [0.15, 0.2) is 54.6 Å². The lowest BCUT2D eigenvalue weighted by Crippen LogP contribution is -2.32. The van der Waals surface area contributed by atoms with Crippen LogP contribution in [0.2, 0.25) is 0 Å². The van der Waals surface area contributed by atoms with Crippen LogP contribution in [0.4, 0.5) is 14.5 Å². The van der Waals surface area contributed by atoms with Gasteiger partial charge in [-0.1, -0.05) is 42.5 Å². The zero-order chi connectivity index (χ0) is 19.2. The quantitative estimate of drug-likeness (QED) is 0.733. The average Bonchev–Trinajstić information content (AvgIpc) is 3.06. The maximum atomic E-state index is 12.5. The zero-order valence-corrected chi connectivity index (χ0v) is 16.1. The maximum absolute atomic E-state index is 12.5. The molecule has 1 saturated heterocycles. The van der Waals surface area contributed by atoms with Crippen molar-refractivity contribution in [3.8, 4) is 5.75 Å². The molecule has 3 N–H and O–H groups in total. The number of para-hydroxylation sites is 2. The molecule has 0 radical (unpaired) electrons. The zero-order valence-electron chi connectivity index (χ0n) is 15.3. The minimum Gasteiger partial charge on any atom is -0.433 e. The third-order valence-corrected chi connectivity index (χ3v) is 4.79. The van der Waals surface area contributed by atoms with E-state index >= 15 is 0 Å². The first kappa shape index (κ1) is 22.1. The van der Waals surface area contributed by atoms with Gasteiger partial charge in [0.15, 0.2) is 0 Å². The Hall–Kier alpha value is -2.22. The lowest BCUT2D eigenvalue weighted by molar-refractivity contribution is -0.117. The third-order valence-electron chi connectivity index (χ3n) is 4.79. The van der Waals surface area contributed by atoms with Gasteiger partial charge in [0.05, 0.1) is 12.2 Å². The Morgan fingerprint density at radius 3 is 2.50 bits per heavy atom. The summed E-state index contributed by atoms with van der Waals surface area (Å²) < 4.78 is 29.4. The van der Waals surface area contributed by atoms with Crippen molar-refractivity contribution >= 4 is 24.0 Å². The van der Waals surface area contributed by atoms with Gasteiger partial charge < -0.3 is 15.8 Å². The molecular formula is C20H24ClF2N3O2. The van der Waals surface area contributed by atoms with Crippen LogP contribution in [0, 0.1) is 5.92 Å². The Labute approximate surface area is 169 Å². The van der Waals surface area contributed by atoms with Gasteiger partial charge in [-0.05, 0) is 30.2 Å². The Morgan fingerprint density at radius 2 is 1.82 bits per heavy atom. The number of rotatable bonds is 7. The van der Waals surface area contributed by atoms with Crippen molar-refractivity contribution in [3.05, 3.63) is 60.2 Å². The molecule has 152 valence electrons. The van der Waals surface area contributed by atoms with Crippen LogP contribution in [-0.4, -0.2) is 43.6 Å². The Balaban J connectivity index is 0.00000280. The fraction of sp³-hybridized carbons (Fsp3) is 0.350. The summed E-state index contributed by atoms with van der Waals surface area (Å²) in [4.78, 5) is 14.5. The number of ether oxygens (including phenoxy) is 1. The number of likely N-dealkylation sites (tertiary alicyclic amines) is 1. The number of nitrogens with two attached hydrogens (primary N) is 1. The van der Waals surface area contributed by atoms with Crippen molar-refractivity contribution in [1.29, 1.82) is 0 Å². The van der Waals surface area contributed by atoms with Crippen LogP contribution in [0.5, 0.6) is 5.75 Å². The van der Waals surface area contributed by atoms with Crippen molar-refractivity contribution in [3.63, 3.8) is 0 Å². The molecule has 0 aliphatic carbocycles. The highest BCUT2D eigenvalue weighted by Gasteiger charge is 2.33. The number of benzene rings is 2. The molecule has 0 bridgehead atoms. The molecule has 28 heavy (non-hydrogen) atoms. The number of alkyl halides is 2. The second-order valence-corrected chi connectivity index (χ2v) is 6.63. The number of nitrogens with zero attached hydrogens (tertiary/aromatic N) is 1. The van der Waals surface area contributed by atoms with E-state index in [0.29, 0.717) is 6.54 Å². The SMILES string of the molecule is Cl.NC[C@@H]1CN(CC(=O)Nc2ccccc2OC(F)F)C[C@H]1c1ccccc1. The highest BCUT2D eigenvalue weighted by molar-refractivity contribution is 5.93. The molecule has 0 spiro atoms. The molecule has 8 heteroatoms. The normalized spacial score (nSPS) is 19.3. The maximum Gasteiger partial charge on any atom is 0.387 e. The van der Waals surface area contributed by atoms with Crippen LogP contribution in [0.25, 0.3) is 0 Å². The molecule has 0 aromatic heterocycles. The van der Waals surface area contributed by atoms with Crippen molar-refractivity contribution < 1.29 is 18.3 Å². The average molecular weight is 412 g/mol. The fourth-order valence-corrected chi connectivity index (χ4v) is 3.57. The van der Waals surface area contributed by atoms with E-state index in [1.165, 1.54) is 17.7 Å². The van der Waals surface area contributed by atoms with Crippen molar-refractivity contribution in [2.24, 2.45) is 11.7 Å². The van der Waals surface area contributed by atoms with Crippen LogP contribution >= 0.6 is 12.4 Å². The fourth-order valence-electron chi connectivity index (χ4n) is 3.57. The summed E-state index contributed by atoms with van der Waals surface area (Å²) in [7, 11) is 0. The van der Waals surface area contributed by atoms with E-state index in [2.05, 4.69) is 22.2 Å². The van der Waals surface area contributed by atoms with E-state index in [0.717, 1.165) is 13.1 Å². The molecule has 2 atom stereocenters. The monoisotopic (exact) mass is 411 g/mol. The predicted molar refractivity (Wildman–Crippen MR) is 107 cm³/mol. The molecule has 1 aliphatic rings. The molecule has 3 rings (SSSR count). The standard InChI is InChI=1S/C20H23F2N3O2.ClH/c21-20(22)27-18-9-5-4-8-17(18)24-19(26)13-25-11-15(10-23)16(12-25)14-6-2-1-3-7-14;/h1-9,15-16,20H,10-13,23H2,(H,24,26);1H/t15-,16+;/m1./s1. The number of hydrogen-bond acceptors (Lipinski definition) is 4. The number of anilines is 1. The van der Waals surface area contributed by atoms with Gasteiger partial charge in [0.25, 0.3) is 0 Å². The van der Waals surface area contributed by atoms with E-state index in [4.69, 9.17) is 5.73 Å². The number of hydrogen-bond donors (Lipinski definition) is 2. The van der Waals surface area contributed by atoms with Crippen molar-refractivity contribution in [1.82, 2.24) is 4.90 Å². The van der Waals surface area contributed by atoms with E-state index in [9.17, 15) is 13.6 Å². The third kappa shape index (κ3) is 5.64. The molecule has 0 saturated carbocycles. The molecule has 1 aliphatic heterocycles. The summed E-state index contributed by atoms with van der Waals surface area (Å²) in [6.07, 6.45) is 0. The van der Waals surface area contributed by atoms with Gasteiger partial charge in [0, 0.05) is 19.0 Å². The first-order valence-electron chi connectivity index (χ1n) is 8.88. The van der Waals surface area contributed by atoms with E-state index in [1.807, 2.05) is 23.1 Å². The number of amides is 1. The Bertz CT molecular complexity index is 764. The minimum atomic E-state index is -2.95. The summed E-state index contributed by atoms with van der Waals surface area (Å²) in [5.74, 6) is 0.224. The van der Waals surface area contributed by atoms with Crippen molar-refractivity contribution in [2.75, 3.05) is 31.5 Å². The van der Waals surface area contributed by atoms with Gasteiger partial charge in [-0.3, -0.25) is 9.69 Å². The molecule has 2 aromatic rings. The van der Waals surface area contributed by atoms with Gasteiger partial charge in [0.1, 0.15) is 5.75 Å². The summed E-state index contributed by atoms with van der Waals surface area (Å²) in [6, 6.07) is 16.3. The van der Waals surface area contributed by atoms with Crippen LogP contribution in [-0.2, 0) is 4.79 Å². The Morgan fingerprint density at radius 1 is 1.14 bits per heavy atom. The number of carbonyl (C=O) groups excluding carboxylic acids is 1. The molecule has 1 fully saturated rings. The minimum absolute atomic E-state index is 0. The highest BCUT2D eigenvalue weighted by atomic mass is 35.5. The first-order valence-corrected chi connectivity index (χ1v) is 8.88. The largest absolute Gasteiger partial charge is 0.433 e. The van der Waals surface area contributed by atoms with Crippen LogP contribution in [0.1, 0.15) is 11.5 Å². The Kier molecular flexibility index (Phi) is 8.17. The molecule has 2 aromatic carbocycles. The van der Waals surface area contributed by atoms with Crippen LogP contribution in [0.3, 0.4) is 0 Å². The van der Waals surface area contributed by atoms with Gasteiger partial charge in [-0.2, -0.15) is 8.78 Å². The van der Waals surface area contributed by atoms with Gasteiger partial charge in [-0.25, -0.2) is 0 Å². The number of nitrogens with one attached hydrogen (secondary N) is 1. The molecule has 5 nitrogen and oxygen atoms in total. The molecular weight excluding hydrogens is 388 g/mol. The lowest BCUT2D eigenvalue weighted by Gasteiger charge is -2.17. The highest BCUT2D eigenvalue weighted by Crippen LogP contribution is 2.32. The lowest BCUT2D eigenvalue weighted by atomic mass is 9.89. The number of carbonyl (C=O) groups is 1. The summed E-state index contributed by atoms with van der Waals surface area (Å²) in [5.41, 5.74) is 7.38. The predicted octanol–water partition coefficient (Wildman–Crippen LogP) is 3.32. The second-order valence-electron chi connectivity index (χ2n) is 6.63. The molecule has 0 unspecified atom stereocenters. The molecule has 1 heterocycles. The van der Waals surface area contributed by atoms with Crippen LogP contribution < -0.4 is 15.8 Å². The van der Waals surface area contributed by atoms with E-state index in [1.54, 1.807) is 12.1 Å². The van der Waals surface area contributed by atoms with E-state index in [-0.39, 0.29) is 48.1 Å². The molecule has 1 amide bonds. The second kappa shape index (κ2) is 10.4. The van der Waals surface area contributed by atoms with Gasteiger partial charge >= 0.3 is 6.61 Å². The summed E-state index contributed by atoms with van der Waals surface area (Å²) in [5, 5.41) is 2.66. The van der Waals surface area contributed by atoms with Gasteiger partial charge in [0.2, 0.25) is 5.91 Å². The number of halogens is 3. The first-order chi connectivity index (χ1) is 13.1. The van der Waals surface area contributed by atoms with E-state index < -0.39 is 6.61 Å². The summed E-state index contributed by atoms with van der Waals surface area (Å²) in [6.45, 7) is -0.780. The smallest absolute Gasteiger partial charge is 0.387 e. The topological polar surface area (TPSA) is 67.6 Å². The summed E-state index contributed by atoms with van der Waals surface area (Å²) >= 11 is 0. The van der Waals surface area contributed by atoms with Gasteiger partial charge in [-0.15, -0.1) is 12.4 Å².